The monoisotopic (exact) mass is 345 g/mol. The van der Waals surface area contributed by atoms with Crippen LogP contribution in [0.15, 0.2) is 35.3 Å². The Labute approximate surface area is 148 Å². The molecule has 6 nitrogen and oxygen atoms in total. The summed E-state index contributed by atoms with van der Waals surface area (Å²) in [4.78, 5) is 2.46. The molecule has 0 aliphatic carbocycles. The van der Waals surface area contributed by atoms with E-state index in [9.17, 15) is 0 Å². The molecule has 1 fully saturated rings. The zero-order valence-electron chi connectivity index (χ0n) is 14.7. The Balaban J connectivity index is 1.29. The van der Waals surface area contributed by atoms with Gasteiger partial charge >= 0.3 is 0 Å². The summed E-state index contributed by atoms with van der Waals surface area (Å²) in [5.74, 6) is 0.665. The van der Waals surface area contributed by atoms with Crippen LogP contribution in [0.2, 0.25) is 0 Å². The third-order valence-corrected chi connectivity index (χ3v) is 5.23. The van der Waals surface area contributed by atoms with Crippen LogP contribution in [0, 0.1) is 5.92 Å². The number of furan rings is 1. The molecule has 1 saturated heterocycles. The van der Waals surface area contributed by atoms with Gasteiger partial charge in [0.1, 0.15) is 0 Å². The quantitative estimate of drug-likeness (QED) is 0.722. The van der Waals surface area contributed by atoms with Crippen molar-refractivity contribution >= 4 is 0 Å². The van der Waals surface area contributed by atoms with Crippen LogP contribution in [0.3, 0.4) is 0 Å². The maximum absolute atomic E-state index is 5.98. The van der Waals surface area contributed by atoms with E-state index in [2.05, 4.69) is 20.7 Å². The molecule has 4 heterocycles. The number of rotatable bonds is 7. The lowest BCUT2D eigenvalue weighted by molar-refractivity contribution is 0.0155. The molecule has 6 heteroatoms. The third-order valence-electron chi connectivity index (χ3n) is 5.23. The van der Waals surface area contributed by atoms with Gasteiger partial charge in [-0.3, -0.25) is 9.58 Å². The molecule has 0 saturated carbocycles. The lowest BCUT2D eigenvalue weighted by Crippen LogP contribution is -2.37. The van der Waals surface area contributed by atoms with E-state index < -0.39 is 0 Å². The molecule has 136 valence electrons. The minimum atomic E-state index is 0.375. The predicted molar refractivity (Wildman–Crippen MR) is 93.1 cm³/mol. The minimum Gasteiger partial charge on any atom is -0.472 e. The van der Waals surface area contributed by atoms with Crippen molar-refractivity contribution in [2.75, 3.05) is 33.0 Å². The van der Waals surface area contributed by atoms with Crippen molar-refractivity contribution < 1.29 is 13.9 Å². The molecule has 4 rings (SSSR count). The molecule has 25 heavy (non-hydrogen) atoms. The lowest BCUT2D eigenvalue weighted by Gasteiger charge is -2.33. The first-order chi connectivity index (χ1) is 12.4. The Morgan fingerprint density at radius 1 is 1.24 bits per heavy atom. The van der Waals surface area contributed by atoms with Gasteiger partial charge in [0.2, 0.25) is 0 Å². The van der Waals surface area contributed by atoms with E-state index in [-0.39, 0.29) is 0 Å². The maximum atomic E-state index is 5.98. The molecule has 2 aliphatic rings. The number of hydrogen-bond acceptors (Lipinski definition) is 5. The summed E-state index contributed by atoms with van der Waals surface area (Å²) in [7, 11) is 0. The Kier molecular flexibility index (Phi) is 5.49. The van der Waals surface area contributed by atoms with Crippen molar-refractivity contribution in [2.45, 2.75) is 38.4 Å². The van der Waals surface area contributed by atoms with Gasteiger partial charge in [0.25, 0.3) is 0 Å². The van der Waals surface area contributed by atoms with E-state index in [1.165, 1.54) is 11.3 Å². The molecule has 0 amide bonds. The highest BCUT2D eigenvalue weighted by Gasteiger charge is 2.25. The van der Waals surface area contributed by atoms with Gasteiger partial charge in [-0.05, 0) is 37.3 Å². The number of aromatic nitrogens is 2. The summed E-state index contributed by atoms with van der Waals surface area (Å²) in [6.07, 6.45) is 8.74. The van der Waals surface area contributed by atoms with Crippen molar-refractivity contribution in [1.82, 2.24) is 14.7 Å². The van der Waals surface area contributed by atoms with Crippen LogP contribution in [0.1, 0.15) is 36.6 Å². The van der Waals surface area contributed by atoms with E-state index >= 15 is 0 Å². The largest absolute Gasteiger partial charge is 0.472 e. The first-order valence-corrected chi connectivity index (χ1v) is 9.30. The number of nitrogens with zero attached hydrogens (tertiary/aromatic N) is 3. The molecular formula is C19H27N3O3. The number of ether oxygens (including phenoxy) is 2. The van der Waals surface area contributed by atoms with E-state index in [1.54, 1.807) is 6.26 Å². The minimum absolute atomic E-state index is 0.375. The molecule has 0 N–H and O–H groups in total. The molecule has 0 spiro atoms. The topological polar surface area (TPSA) is 52.7 Å². The van der Waals surface area contributed by atoms with Crippen LogP contribution in [0.5, 0.6) is 0 Å². The van der Waals surface area contributed by atoms with E-state index in [1.807, 2.05) is 18.5 Å². The van der Waals surface area contributed by atoms with Crippen LogP contribution in [0.4, 0.5) is 0 Å². The maximum Gasteiger partial charge on any atom is 0.0947 e. The van der Waals surface area contributed by atoms with Gasteiger partial charge < -0.3 is 13.9 Å². The summed E-state index contributed by atoms with van der Waals surface area (Å²) < 4.78 is 18.8. The summed E-state index contributed by atoms with van der Waals surface area (Å²) in [5, 5.41) is 4.54. The zero-order valence-corrected chi connectivity index (χ0v) is 14.7. The molecule has 0 radical (unpaired) electrons. The van der Waals surface area contributed by atoms with Gasteiger partial charge in [-0.1, -0.05) is 0 Å². The van der Waals surface area contributed by atoms with Crippen molar-refractivity contribution in [3.05, 3.63) is 42.1 Å². The molecule has 2 aromatic rings. The van der Waals surface area contributed by atoms with Crippen LogP contribution in [-0.4, -0.2) is 47.7 Å². The van der Waals surface area contributed by atoms with Crippen molar-refractivity contribution in [2.24, 2.45) is 5.92 Å². The molecule has 1 atom stereocenters. The number of hydrogen-bond donors (Lipinski definition) is 0. The van der Waals surface area contributed by atoms with Crippen LogP contribution in [-0.2, 0) is 22.6 Å². The molecule has 2 aromatic heterocycles. The average Bonchev–Trinajstić information content (AvgIpc) is 3.31. The van der Waals surface area contributed by atoms with Gasteiger partial charge in [0, 0.05) is 57.8 Å². The van der Waals surface area contributed by atoms with Crippen molar-refractivity contribution in [3.63, 3.8) is 0 Å². The smallest absolute Gasteiger partial charge is 0.0947 e. The standard InChI is InChI=1S/C19H27N3O3/c1-6-20-22-18(1)12-21(11-17-4-9-24-15-17)13-19(22)5-10-25-14-16-2-7-23-8-3-16/h1,4,6,9,15-16,19H,2-3,5,7-8,10-14H2/t19-/m0/s1. The fourth-order valence-electron chi connectivity index (χ4n) is 3.82. The van der Waals surface area contributed by atoms with Gasteiger partial charge in [0.05, 0.1) is 24.3 Å². The Morgan fingerprint density at radius 3 is 3.00 bits per heavy atom. The molecule has 0 bridgehead atoms. The summed E-state index contributed by atoms with van der Waals surface area (Å²) in [5.41, 5.74) is 2.51. The second-order valence-corrected chi connectivity index (χ2v) is 7.14. The van der Waals surface area contributed by atoms with E-state index in [0.29, 0.717) is 12.0 Å². The number of fused-ring (bicyclic) bond motifs is 1. The van der Waals surface area contributed by atoms with Crippen molar-refractivity contribution in [1.29, 1.82) is 0 Å². The second kappa shape index (κ2) is 8.17. The van der Waals surface area contributed by atoms with Gasteiger partial charge in [0.15, 0.2) is 0 Å². The summed E-state index contributed by atoms with van der Waals surface area (Å²) >= 11 is 0. The van der Waals surface area contributed by atoms with Crippen LogP contribution >= 0.6 is 0 Å². The molecular weight excluding hydrogens is 318 g/mol. The van der Waals surface area contributed by atoms with E-state index in [4.69, 9.17) is 13.9 Å². The fourth-order valence-corrected chi connectivity index (χ4v) is 3.82. The first-order valence-electron chi connectivity index (χ1n) is 9.30. The Morgan fingerprint density at radius 2 is 2.16 bits per heavy atom. The van der Waals surface area contributed by atoms with E-state index in [0.717, 1.165) is 65.3 Å². The van der Waals surface area contributed by atoms with Crippen molar-refractivity contribution in [3.8, 4) is 0 Å². The first kappa shape index (κ1) is 16.8. The SMILES string of the molecule is c1cc2n(n1)[C@@H](CCOCC1CCOCC1)CN(Cc1ccoc1)C2. The highest BCUT2D eigenvalue weighted by atomic mass is 16.5. The Bertz CT molecular complexity index is 634. The predicted octanol–water partition coefficient (Wildman–Crippen LogP) is 2.87. The molecule has 0 aromatic carbocycles. The van der Waals surface area contributed by atoms with Gasteiger partial charge in [-0.2, -0.15) is 5.10 Å². The lowest BCUT2D eigenvalue weighted by atomic mass is 10.0. The van der Waals surface area contributed by atoms with Crippen LogP contribution in [0.25, 0.3) is 0 Å². The van der Waals surface area contributed by atoms with Gasteiger partial charge in [-0.15, -0.1) is 0 Å². The molecule has 0 unspecified atom stereocenters. The summed E-state index contributed by atoms with van der Waals surface area (Å²) in [6, 6.07) is 4.54. The second-order valence-electron chi connectivity index (χ2n) is 7.14. The van der Waals surface area contributed by atoms with Crippen LogP contribution < -0.4 is 0 Å². The normalized spacial score (nSPS) is 22.2. The highest BCUT2D eigenvalue weighted by molar-refractivity contribution is 5.09. The Hall–Kier alpha value is -1.63. The zero-order chi connectivity index (χ0) is 16.9. The third kappa shape index (κ3) is 4.32. The average molecular weight is 345 g/mol. The fraction of sp³-hybridized carbons (Fsp3) is 0.632. The summed E-state index contributed by atoms with van der Waals surface area (Å²) in [6.45, 7) is 6.28. The molecule has 2 aliphatic heterocycles. The van der Waals surface area contributed by atoms with Gasteiger partial charge in [-0.25, -0.2) is 0 Å². The highest BCUT2D eigenvalue weighted by Crippen LogP contribution is 2.25.